The largest absolute Gasteiger partial charge is 0.425 e. The second-order valence-electron chi connectivity index (χ2n) is 4.63. The van der Waals surface area contributed by atoms with Crippen molar-refractivity contribution in [3.8, 4) is 5.75 Å². The molecule has 1 aromatic carbocycles. The molecule has 0 N–H and O–H groups in total. The molecular weight excluding hydrogens is 266 g/mol. The monoisotopic (exact) mass is 281 g/mol. The molecule has 102 valence electrons. The van der Waals surface area contributed by atoms with Crippen molar-refractivity contribution in [3.05, 3.63) is 29.3 Å². The zero-order chi connectivity index (χ0) is 13.8. The number of piperidine rings is 1. The van der Waals surface area contributed by atoms with Crippen LogP contribution in [-0.2, 0) is 9.59 Å². The van der Waals surface area contributed by atoms with E-state index in [1.165, 1.54) is 0 Å². The first-order valence-corrected chi connectivity index (χ1v) is 6.67. The zero-order valence-electron chi connectivity index (χ0n) is 10.8. The number of nitrogens with zero attached hydrogens (tertiary/aromatic N) is 1. The molecule has 1 heterocycles. The van der Waals surface area contributed by atoms with Crippen LogP contribution >= 0.6 is 11.6 Å². The van der Waals surface area contributed by atoms with E-state index in [-0.39, 0.29) is 17.8 Å². The van der Waals surface area contributed by atoms with Gasteiger partial charge in [0.25, 0.3) is 0 Å². The number of likely N-dealkylation sites (tertiary alicyclic amines) is 1. The van der Waals surface area contributed by atoms with E-state index in [4.69, 9.17) is 16.3 Å². The number of ether oxygens (including phenoxy) is 1. The first kappa shape index (κ1) is 13.9. The lowest BCUT2D eigenvalue weighted by Crippen LogP contribution is -2.40. The van der Waals surface area contributed by atoms with Crippen molar-refractivity contribution in [2.45, 2.75) is 19.8 Å². The molecule has 0 aromatic heterocycles. The van der Waals surface area contributed by atoms with Crippen LogP contribution < -0.4 is 4.74 Å². The summed E-state index contributed by atoms with van der Waals surface area (Å²) in [4.78, 5) is 25.0. The van der Waals surface area contributed by atoms with Gasteiger partial charge in [0.2, 0.25) is 5.91 Å². The minimum atomic E-state index is -0.267. The van der Waals surface area contributed by atoms with E-state index in [0.717, 1.165) is 0 Å². The van der Waals surface area contributed by atoms with Crippen LogP contribution in [0, 0.1) is 5.92 Å². The standard InChI is InChI=1S/C14H16ClNO3/c1-10(17)16-8-6-11(7-9-16)14(18)19-13-5-3-2-4-12(13)15/h2-5,11H,6-9H2,1H3. The molecule has 0 radical (unpaired) electrons. The van der Waals surface area contributed by atoms with Crippen LogP contribution in [0.5, 0.6) is 5.75 Å². The highest BCUT2D eigenvalue weighted by atomic mass is 35.5. The summed E-state index contributed by atoms with van der Waals surface area (Å²) in [5, 5.41) is 0.428. The molecule has 1 fully saturated rings. The highest BCUT2D eigenvalue weighted by Crippen LogP contribution is 2.26. The van der Waals surface area contributed by atoms with E-state index < -0.39 is 0 Å². The summed E-state index contributed by atoms with van der Waals surface area (Å²) in [6.45, 7) is 2.76. The number of esters is 1. The maximum absolute atomic E-state index is 12.0. The van der Waals surface area contributed by atoms with Gasteiger partial charge in [-0.15, -0.1) is 0 Å². The number of para-hydroxylation sites is 1. The molecule has 2 rings (SSSR count). The van der Waals surface area contributed by atoms with Crippen molar-refractivity contribution < 1.29 is 14.3 Å². The van der Waals surface area contributed by atoms with E-state index in [9.17, 15) is 9.59 Å². The Kier molecular flexibility index (Phi) is 4.43. The third-order valence-electron chi connectivity index (χ3n) is 3.32. The Balaban J connectivity index is 1.92. The number of rotatable bonds is 2. The Morgan fingerprint density at radius 3 is 2.47 bits per heavy atom. The number of hydrogen-bond acceptors (Lipinski definition) is 3. The van der Waals surface area contributed by atoms with Crippen molar-refractivity contribution in [2.24, 2.45) is 5.92 Å². The first-order chi connectivity index (χ1) is 9.08. The van der Waals surface area contributed by atoms with Crippen LogP contribution in [-0.4, -0.2) is 29.9 Å². The highest BCUT2D eigenvalue weighted by Gasteiger charge is 2.27. The molecule has 0 unspecified atom stereocenters. The molecule has 0 spiro atoms. The number of benzene rings is 1. The van der Waals surface area contributed by atoms with Gasteiger partial charge in [0, 0.05) is 20.0 Å². The average molecular weight is 282 g/mol. The summed E-state index contributed by atoms with van der Waals surface area (Å²) in [7, 11) is 0. The summed E-state index contributed by atoms with van der Waals surface area (Å²) < 4.78 is 5.31. The maximum Gasteiger partial charge on any atom is 0.314 e. The van der Waals surface area contributed by atoms with Crippen molar-refractivity contribution in [2.75, 3.05) is 13.1 Å². The minimum Gasteiger partial charge on any atom is -0.425 e. The van der Waals surface area contributed by atoms with Gasteiger partial charge in [0.1, 0.15) is 5.75 Å². The molecule has 1 aliphatic heterocycles. The molecule has 4 nitrogen and oxygen atoms in total. The van der Waals surface area contributed by atoms with Gasteiger partial charge in [-0.25, -0.2) is 0 Å². The van der Waals surface area contributed by atoms with Gasteiger partial charge in [-0.2, -0.15) is 0 Å². The van der Waals surface area contributed by atoms with Gasteiger partial charge >= 0.3 is 5.97 Å². The Morgan fingerprint density at radius 1 is 1.26 bits per heavy atom. The van der Waals surface area contributed by atoms with E-state index >= 15 is 0 Å². The second kappa shape index (κ2) is 6.06. The molecular formula is C14H16ClNO3. The number of carbonyl (C=O) groups excluding carboxylic acids is 2. The van der Waals surface area contributed by atoms with Crippen LogP contribution in [0.25, 0.3) is 0 Å². The molecule has 1 aliphatic rings. The SMILES string of the molecule is CC(=O)N1CCC(C(=O)Oc2ccccc2Cl)CC1. The van der Waals surface area contributed by atoms with Gasteiger partial charge in [-0.1, -0.05) is 23.7 Å². The Hall–Kier alpha value is -1.55. The fraction of sp³-hybridized carbons (Fsp3) is 0.429. The molecule has 5 heteroatoms. The van der Waals surface area contributed by atoms with Crippen LogP contribution in [0.1, 0.15) is 19.8 Å². The Labute approximate surface area is 117 Å². The van der Waals surface area contributed by atoms with Crippen LogP contribution in [0.3, 0.4) is 0 Å². The number of carbonyl (C=O) groups is 2. The van der Waals surface area contributed by atoms with Crippen molar-refractivity contribution in [1.82, 2.24) is 4.90 Å². The lowest BCUT2D eigenvalue weighted by Gasteiger charge is -2.30. The van der Waals surface area contributed by atoms with Gasteiger partial charge < -0.3 is 9.64 Å². The van der Waals surface area contributed by atoms with Gasteiger partial charge in [0.15, 0.2) is 0 Å². The normalized spacial score (nSPS) is 16.2. The summed E-state index contributed by atoms with van der Waals surface area (Å²) >= 11 is 5.94. The zero-order valence-corrected chi connectivity index (χ0v) is 11.5. The molecule has 0 saturated carbocycles. The molecule has 1 aromatic rings. The van der Waals surface area contributed by atoms with Gasteiger partial charge in [0.05, 0.1) is 10.9 Å². The second-order valence-corrected chi connectivity index (χ2v) is 5.04. The summed E-state index contributed by atoms with van der Waals surface area (Å²) in [6.07, 6.45) is 1.28. The predicted molar refractivity (Wildman–Crippen MR) is 72.1 cm³/mol. The number of hydrogen-bond donors (Lipinski definition) is 0. The topological polar surface area (TPSA) is 46.6 Å². The lowest BCUT2D eigenvalue weighted by atomic mass is 9.97. The molecule has 19 heavy (non-hydrogen) atoms. The van der Waals surface area contributed by atoms with E-state index in [1.54, 1.807) is 36.1 Å². The lowest BCUT2D eigenvalue weighted by molar-refractivity contribution is -0.142. The molecule has 1 saturated heterocycles. The third-order valence-corrected chi connectivity index (χ3v) is 3.63. The molecule has 0 bridgehead atoms. The molecule has 1 amide bonds. The van der Waals surface area contributed by atoms with Crippen LogP contribution in [0.2, 0.25) is 5.02 Å². The summed E-state index contributed by atoms with van der Waals surface area (Å²) in [5.41, 5.74) is 0. The van der Waals surface area contributed by atoms with E-state index in [0.29, 0.717) is 36.7 Å². The predicted octanol–water partition coefficient (Wildman–Crippen LogP) is 2.50. The number of halogens is 1. The minimum absolute atomic E-state index is 0.0536. The third kappa shape index (κ3) is 3.47. The Morgan fingerprint density at radius 2 is 1.89 bits per heavy atom. The van der Waals surface area contributed by atoms with Crippen molar-refractivity contribution in [3.63, 3.8) is 0 Å². The fourth-order valence-electron chi connectivity index (χ4n) is 2.15. The van der Waals surface area contributed by atoms with Crippen LogP contribution in [0.15, 0.2) is 24.3 Å². The van der Waals surface area contributed by atoms with E-state index in [1.807, 2.05) is 0 Å². The van der Waals surface area contributed by atoms with Gasteiger partial charge in [-0.05, 0) is 25.0 Å². The van der Waals surface area contributed by atoms with Gasteiger partial charge in [-0.3, -0.25) is 9.59 Å². The quantitative estimate of drug-likeness (QED) is 0.618. The highest BCUT2D eigenvalue weighted by molar-refractivity contribution is 6.32. The van der Waals surface area contributed by atoms with Crippen LogP contribution in [0.4, 0.5) is 0 Å². The van der Waals surface area contributed by atoms with Crippen molar-refractivity contribution in [1.29, 1.82) is 0 Å². The summed E-state index contributed by atoms with van der Waals surface area (Å²) in [5.74, 6) is 0.0178. The van der Waals surface area contributed by atoms with E-state index in [2.05, 4.69) is 0 Å². The maximum atomic E-state index is 12.0. The molecule has 0 atom stereocenters. The Bertz CT molecular complexity index is 481. The molecule has 0 aliphatic carbocycles. The summed E-state index contributed by atoms with van der Waals surface area (Å²) in [6, 6.07) is 6.91. The average Bonchev–Trinajstić information content (AvgIpc) is 2.41. The van der Waals surface area contributed by atoms with Crippen molar-refractivity contribution >= 4 is 23.5 Å². The smallest absolute Gasteiger partial charge is 0.314 e. The fourth-order valence-corrected chi connectivity index (χ4v) is 2.32. The first-order valence-electron chi connectivity index (χ1n) is 6.29. The number of amides is 1.